The van der Waals surface area contributed by atoms with Crippen LogP contribution in [0.1, 0.15) is 25.6 Å². The zero-order valence-electron chi connectivity index (χ0n) is 14.6. The molecule has 2 atom stereocenters. The summed E-state index contributed by atoms with van der Waals surface area (Å²) < 4.78 is 43.7. The number of benzene rings is 2. The summed E-state index contributed by atoms with van der Waals surface area (Å²) in [4.78, 5) is 11.6. The number of carboxylic acids is 1. The van der Waals surface area contributed by atoms with Crippen LogP contribution < -0.4 is 0 Å². The van der Waals surface area contributed by atoms with Gasteiger partial charge in [0.05, 0.1) is 5.56 Å². The van der Waals surface area contributed by atoms with Crippen LogP contribution in [0.3, 0.4) is 0 Å². The van der Waals surface area contributed by atoms with Crippen LogP contribution in [0.2, 0.25) is 0 Å². The molecule has 24 heavy (non-hydrogen) atoms. The van der Waals surface area contributed by atoms with Crippen LogP contribution in [0.25, 0.3) is 0 Å². The Kier molecular flexibility index (Phi) is 5.64. The Labute approximate surface area is 169 Å². The van der Waals surface area contributed by atoms with Gasteiger partial charge in [-0.2, -0.15) is 13.2 Å². The largest absolute Gasteiger partial charge is 2.00 e. The van der Waals surface area contributed by atoms with E-state index in [1.165, 1.54) is 12.1 Å². The molecule has 0 spiro atoms. The monoisotopic (exact) mass is 364 g/mol. The van der Waals surface area contributed by atoms with Gasteiger partial charge in [-0.1, -0.05) is 42.5 Å². The fourth-order valence-corrected chi connectivity index (χ4v) is 2.66. The summed E-state index contributed by atoms with van der Waals surface area (Å²) in [7, 11) is 0. The van der Waals surface area contributed by atoms with Crippen LogP contribution in [0, 0.1) is 0 Å². The number of alkyl halides is 3. The van der Waals surface area contributed by atoms with Gasteiger partial charge in [-0.05, 0) is 23.3 Å². The van der Waals surface area contributed by atoms with E-state index in [2.05, 4.69) is 0 Å². The summed E-state index contributed by atoms with van der Waals surface area (Å²) >= 11 is 0. The number of rotatable bonds is 4. The molecule has 0 bridgehead atoms. The Balaban J connectivity index is 0.00000208. The van der Waals surface area contributed by atoms with Gasteiger partial charge in [0.1, 0.15) is 6.10 Å². The molecule has 0 aromatic heterocycles. The molecule has 7 heteroatoms. The first-order valence-electron chi connectivity index (χ1n) is 6.95. The minimum Gasteiger partial charge on any atom is -1.00 e. The van der Waals surface area contributed by atoms with Gasteiger partial charge in [0.2, 0.25) is 0 Å². The SMILES string of the molecule is O=C(O)C1(Cc2ccccc2)OC1c1cccc(C(F)(F)F)c1.[Ca+2].[H-].[H-]. The fourth-order valence-electron chi connectivity index (χ4n) is 2.66. The zero-order valence-corrected chi connectivity index (χ0v) is 14.8. The van der Waals surface area contributed by atoms with E-state index < -0.39 is 29.4 Å². The molecule has 0 amide bonds. The van der Waals surface area contributed by atoms with Crippen molar-refractivity contribution in [3.63, 3.8) is 0 Å². The Morgan fingerprint density at radius 3 is 2.42 bits per heavy atom. The number of halogens is 3. The van der Waals surface area contributed by atoms with E-state index in [0.717, 1.165) is 17.7 Å². The molecular weight excluding hydrogens is 349 g/mol. The molecular formula is C17H15CaF3O3. The van der Waals surface area contributed by atoms with E-state index in [4.69, 9.17) is 4.74 Å². The number of hydrogen-bond acceptors (Lipinski definition) is 2. The average Bonchev–Trinajstić information content (AvgIpc) is 3.23. The summed E-state index contributed by atoms with van der Waals surface area (Å²) in [6.07, 6.45) is -5.26. The molecule has 1 saturated heterocycles. The van der Waals surface area contributed by atoms with Crippen molar-refractivity contribution < 1.29 is 30.7 Å². The van der Waals surface area contributed by atoms with Crippen molar-refractivity contribution in [3.8, 4) is 0 Å². The molecule has 1 fully saturated rings. The quantitative estimate of drug-likeness (QED) is 0.665. The number of aliphatic carboxylic acids is 1. The number of carboxylic acid groups (broad SMARTS) is 1. The van der Waals surface area contributed by atoms with Gasteiger partial charge in [-0.3, -0.25) is 0 Å². The standard InChI is InChI=1S/C17H13F3O3.Ca.2H/c18-17(19,20)13-8-4-7-12(9-13)14-16(23-14,15(21)22)10-11-5-2-1-3-6-11;;;/h1-9,14H,10H2,(H,21,22);;;/q;+2;2*-1. The van der Waals surface area contributed by atoms with Crippen LogP contribution in [0.4, 0.5) is 13.2 Å². The molecule has 3 rings (SSSR count). The predicted octanol–water partition coefficient (Wildman–Crippen LogP) is 3.69. The minimum absolute atomic E-state index is 0. The number of carbonyl (C=O) groups is 1. The van der Waals surface area contributed by atoms with E-state index in [-0.39, 0.29) is 52.6 Å². The molecule has 1 aliphatic rings. The molecule has 124 valence electrons. The summed E-state index contributed by atoms with van der Waals surface area (Å²) in [5.74, 6) is -1.18. The first-order valence-corrected chi connectivity index (χ1v) is 6.95. The summed E-state index contributed by atoms with van der Waals surface area (Å²) in [5, 5.41) is 9.48. The summed E-state index contributed by atoms with van der Waals surface area (Å²) in [5.41, 5.74) is -1.35. The second-order valence-electron chi connectivity index (χ2n) is 5.48. The van der Waals surface area contributed by atoms with Gasteiger partial charge in [0.25, 0.3) is 0 Å². The third-order valence-electron chi connectivity index (χ3n) is 3.88. The Morgan fingerprint density at radius 1 is 1.17 bits per heavy atom. The van der Waals surface area contributed by atoms with Gasteiger partial charge in [0.15, 0.2) is 5.60 Å². The van der Waals surface area contributed by atoms with Gasteiger partial charge >= 0.3 is 49.9 Å². The molecule has 0 radical (unpaired) electrons. The third-order valence-corrected chi connectivity index (χ3v) is 3.88. The normalized spacial score (nSPS) is 22.5. The van der Waals surface area contributed by atoms with Crippen molar-refractivity contribution in [3.05, 3.63) is 71.3 Å². The Hall–Kier alpha value is -1.08. The second-order valence-corrected chi connectivity index (χ2v) is 5.48. The van der Waals surface area contributed by atoms with Crippen LogP contribution in [0.15, 0.2) is 54.6 Å². The van der Waals surface area contributed by atoms with Crippen molar-refractivity contribution in [2.45, 2.75) is 24.3 Å². The van der Waals surface area contributed by atoms with Gasteiger partial charge in [0, 0.05) is 6.42 Å². The van der Waals surface area contributed by atoms with Crippen LogP contribution in [-0.2, 0) is 22.1 Å². The van der Waals surface area contributed by atoms with Crippen molar-refractivity contribution in [2.24, 2.45) is 0 Å². The summed E-state index contributed by atoms with van der Waals surface area (Å²) in [6, 6.07) is 13.5. The molecule has 3 nitrogen and oxygen atoms in total. The topological polar surface area (TPSA) is 49.8 Å². The predicted molar refractivity (Wildman–Crippen MR) is 83.8 cm³/mol. The average molecular weight is 364 g/mol. The molecule has 0 saturated carbocycles. The minimum atomic E-state index is -4.48. The molecule has 1 heterocycles. The van der Waals surface area contributed by atoms with Crippen LogP contribution >= 0.6 is 0 Å². The van der Waals surface area contributed by atoms with Crippen molar-refractivity contribution in [1.82, 2.24) is 0 Å². The second kappa shape index (κ2) is 7.04. The first-order chi connectivity index (χ1) is 10.8. The molecule has 2 aromatic rings. The Morgan fingerprint density at radius 2 is 1.83 bits per heavy atom. The van der Waals surface area contributed by atoms with E-state index in [1.54, 1.807) is 30.3 Å². The van der Waals surface area contributed by atoms with Crippen molar-refractivity contribution >= 4 is 43.7 Å². The Bertz CT molecular complexity index is 744. The maximum atomic E-state index is 12.8. The van der Waals surface area contributed by atoms with Gasteiger partial charge in [-0.15, -0.1) is 0 Å². The number of hydrogen-bond donors (Lipinski definition) is 1. The van der Waals surface area contributed by atoms with Crippen molar-refractivity contribution in [1.29, 1.82) is 0 Å². The number of epoxide rings is 1. The molecule has 2 unspecified atom stereocenters. The fraction of sp³-hybridized carbons (Fsp3) is 0.235. The van der Waals surface area contributed by atoms with Crippen molar-refractivity contribution in [2.75, 3.05) is 0 Å². The van der Waals surface area contributed by atoms with Crippen LogP contribution in [0.5, 0.6) is 0 Å². The van der Waals surface area contributed by atoms with E-state index in [1.807, 2.05) is 0 Å². The smallest absolute Gasteiger partial charge is 1.00 e. The maximum absolute atomic E-state index is 12.8. The van der Waals surface area contributed by atoms with E-state index in [9.17, 15) is 23.1 Å². The molecule has 1 aliphatic heterocycles. The van der Waals surface area contributed by atoms with E-state index in [0.29, 0.717) is 0 Å². The summed E-state index contributed by atoms with van der Waals surface area (Å²) in [6.45, 7) is 0. The maximum Gasteiger partial charge on any atom is 2.00 e. The van der Waals surface area contributed by atoms with Gasteiger partial charge < -0.3 is 12.7 Å². The van der Waals surface area contributed by atoms with Gasteiger partial charge in [-0.25, -0.2) is 4.79 Å². The third kappa shape index (κ3) is 3.77. The molecule has 1 N–H and O–H groups in total. The first kappa shape index (κ1) is 19.2. The van der Waals surface area contributed by atoms with Crippen LogP contribution in [-0.4, -0.2) is 54.4 Å². The number of ether oxygens (including phenoxy) is 1. The molecule has 0 aliphatic carbocycles. The molecule has 2 aromatic carbocycles. The zero-order chi connectivity index (χ0) is 16.7. The van der Waals surface area contributed by atoms with E-state index >= 15 is 0 Å².